The number of hydrogen-bond acceptors (Lipinski definition) is 8. The van der Waals surface area contributed by atoms with E-state index in [0.29, 0.717) is 41.4 Å². The van der Waals surface area contributed by atoms with Crippen LogP contribution in [0.3, 0.4) is 0 Å². The predicted molar refractivity (Wildman–Crippen MR) is 146 cm³/mol. The first-order valence-electron chi connectivity index (χ1n) is 12.6. The fourth-order valence-corrected chi connectivity index (χ4v) is 4.84. The van der Waals surface area contributed by atoms with Crippen molar-refractivity contribution < 1.29 is 14.2 Å². The van der Waals surface area contributed by atoms with Gasteiger partial charge >= 0.3 is 0 Å². The normalized spacial score (nSPS) is 13.9. The van der Waals surface area contributed by atoms with Gasteiger partial charge in [-0.1, -0.05) is 73.6 Å². The summed E-state index contributed by atoms with van der Waals surface area (Å²) in [6.45, 7) is 5.11. The Labute approximate surface area is 221 Å². The molecular weight excluding hydrogens is 484 g/mol. The summed E-state index contributed by atoms with van der Waals surface area (Å²) in [4.78, 5) is 4.73. The molecule has 0 amide bonds. The lowest BCUT2D eigenvalue weighted by atomic mass is 10.1. The van der Waals surface area contributed by atoms with Crippen LogP contribution < -0.4 is 19.5 Å². The highest BCUT2D eigenvalue weighted by Crippen LogP contribution is 2.41. The highest BCUT2D eigenvalue weighted by Gasteiger charge is 2.27. The van der Waals surface area contributed by atoms with Crippen LogP contribution in [0.5, 0.6) is 17.4 Å². The standard InChI is InChI=1S/C29H30N4O3S/c1-3-5-17-37-29-31-28-26(32-33-29)22-13-9-10-14-23(22)30-27(36-28)21-15-16-24(25(18-21)34-4-2)35-19-20-11-7-6-8-12-20/h6-16,18,27,30H,3-5,17,19H2,1-2H3. The number of para-hydroxylation sites is 1. The number of nitrogens with zero attached hydrogens (tertiary/aromatic N) is 3. The van der Waals surface area contributed by atoms with Crippen molar-refractivity contribution in [3.63, 3.8) is 0 Å². The Morgan fingerprint density at radius 3 is 2.59 bits per heavy atom. The fraction of sp³-hybridized carbons (Fsp3) is 0.276. The lowest BCUT2D eigenvalue weighted by molar-refractivity contribution is 0.223. The van der Waals surface area contributed by atoms with Crippen molar-refractivity contribution in [2.24, 2.45) is 0 Å². The number of ether oxygens (including phenoxy) is 3. The zero-order chi connectivity index (χ0) is 25.5. The van der Waals surface area contributed by atoms with Crippen LogP contribution in [-0.4, -0.2) is 27.5 Å². The molecule has 0 saturated carbocycles. The molecule has 0 fully saturated rings. The lowest BCUT2D eigenvalue weighted by Gasteiger charge is -2.21. The molecule has 7 nitrogen and oxygen atoms in total. The van der Waals surface area contributed by atoms with Crippen molar-refractivity contribution in [3.8, 4) is 28.6 Å². The van der Waals surface area contributed by atoms with E-state index in [1.54, 1.807) is 11.8 Å². The van der Waals surface area contributed by atoms with Crippen LogP contribution in [0.15, 0.2) is 78.0 Å². The molecule has 0 aliphatic carbocycles. The summed E-state index contributed by atoms with van der Waals surface area (Å²) in [5.74, 6) is 2.74. The van der Waals surface area contributed by atoms with Crippen molar-refractivity contribution in [3.05, 3.63) is 83.9 Å². The minimum absolute atomic E-state index is 0.457. The first-order valence-corrected chi connectivity index (χ1v) is 13.6. The summed E-state index contributed by atoms with van der Waals surface area (Å²) in [5, 5.41) is 13.0. The van der Waals surface area contributed by atoms with E-state index in [0.717, 1.165) is 41.0 Å². The van der Waals surface area contributed by atoms with Gasteiger partial charge in [-0.05, 0) is 43.2 Å². The minimum Gasteiger partial charge on any atom is -0.490 e. The minimum atomic E-state index is -0.505. The molecule has 3 aromatic carbocycles. The number of aromatic nitrogens is 3. The maximum Gasteiger partial charge on any atom is 0.247 e. The molecule has 0 bridgehead atoms. The molecule has 0 saturated heterocycles. The number of unbranched alkanes of at least 4 members (excludes halogenated alkanes) is 1. The molecule has 4 aromatic rings. The summed E-state index contributed by atoms with van der Waals surface area (Å²) in [7, 11) is 0. The van der Waals surface area contributed by atoms with E-state index >= 15 is 0 Å². The third-order valence-corrected chi connectivity index (χ3v) is 6.79. The second kappa shape index (κ2) is 12.0. The summed E-state index contributed by atoms with van der Waals surface area (Å²) in [6, 6.07) is 23.9. The molecule has 5 rings (SSSR count). The van der Waals surface area contributed by atoms with Gasteiger partial charge in [0, 0.05) is 22.6 Å². The Hall–Kier alpha value is -3.78. The number of benzene rings is 3. The van der Waals surface area contributed by atoms with Gasteiger partial charge in [0.1, 0.15) is 6.61 Å². The highest BCUT2D eigenvalue weighted by molar-refractivity contribution is 7.99. The quantitative estimate of drug-likeness (QED) is 0.181. The second-order valence-electron chi connectivity index (χ2n) is 8.55. The second-order valence-corrected chi connectivity index (χ2v) is 9.61. The number of hydrogen-bond donors (Lipinski definition) is 1. The smallest absolute Gasteiger partial charge is 0.247 e. The van der Waals surface area contributed by atoms with E-state index in [2.05, 4.69) is 22.4 Å². The van der Waals surface area contributed by atoms with Crippen molar-refractivity contribution in [1.82, 2.24) is 15.2 Å². The Bertz CT molecular complexity index is 1340. The van der Waals surface area contributed by atoms with E-state index in [9.17, 15) is 0 Å². The van der Waals surface area contributed by atoms with Crippen LogP contribution in [0.25, 0.3) is 11.3 Å². The number of fused-ring (bicyclic) bond motifs is 3. The molecule has 0 spiro atoms. The summed E-state index contributed by atoms with van der Waals surface area (Å²) < 4.78 is 18.5. The van der Waals surface area contributed by atoms with Gasteiger partial charge in [-0.3, -0.25) is 0 Å². The highest BCUT2D eigenvalue weighted by atomic mass is 32.2. The molecule has 0 radical (unpaired) electrons. The molecule has 2 heterocycles. The maximum absolute atomic E-state index is 6.44. The van der Waals surface area contributed by atoms with Gasteiger partial charge in [0.05, 0.1) is 6.61 Å². The molecule has 1 aliphatic heterocycles. The predicted octanol–water partition coefficient (Wildman–Crippen LogP) is 6.91. The van der Waals surface area contributed by atoms with Crippen molar-refractivity contribution in [2.75, 3.05) is 17.7 Å². The van der Waals surface area contributed by atoms with Crippen LogP contribution in [0, 0.1) is 0 Å². The first-order chi connectivity index (χ1) is 18.2. The molecule has 8 heteroatoms. The largest absolute Gasteiger partial charge is 0.490 e. The lowest BCUT2D eigenvalue weighted by Crippen LogP contribution is -2.17. The van der Waals surface area contributed by atoms with E-state index < -0.39 is 6.23 Å². The van der Waals surface area contributed by atoms with Crippen LogP contribution in [0.4, 0.5) is 5.69 Å². The molecule has 190 valence electrons. The maximum atomic E-state index is 6.44. The van der Waals surface area contributed by atoms with E-state index in [1.165, 1.54) is 0 Å². The van der Waals surface area contributed by atoms with Gasteiger partial charge in [-0.25, -0.2) is 0 Å². The number of anilines is 1. The SMILES string of the molecule is CCCCSc1nnc2c(n1)OC(c1ccc(OCc3ccccc3)c(OCC)c1)Nc1ccccc1-2. The molecule has 37 heavy (non-hydrogen) atoms. The van der Waals surface area contributed by atoms with Crippen LogP contribution >= 0.6 is 11.8 Å². The van der Waals surface area contributed by atoms with Crippen LogP contribution in [0.2, 0.25) is 0 Å². The van der Waals surface area contributed by atoms with Crippen LogP contribution in [0.1, 0.15) is 44.0 Å². The van der Waals surface area contributed by atoms with Crippen molar-refractivity contribution in [1.29, 1.82) is 0 Å². The van der Waals surface area contributed by atoms with Gasteiger partial charge in [0.25, 0.3) is 0 Å². The Balaban J connectivity index is 1.45. The number of thioether (sulfide) groups is 1. The third-order valence-electron chi connectivity index (χ3n) is 5.87. The number of rotatable bonds is 10. The Morgan fingerprint density at radius 1 is 0.919 bits per heavy atom. The Morgan fingerprint density at radius 2 is 1.76 bits per heavy atom. The van der Waals surface area contributed by atoms with Crippen molar-refractivity contribution >= 4 is 17.4 Å². The average molecular weight is 515 g/mol. The van der Waals surface area contributed by atoms with E-state index in [-0.39, 0.29) is 0 Å². The van der Waals surface area contributed by atoms with Gasteiger partial charge in [0.2, 0.25) is 11.0 Å². The molecular formula is C29H30N4O3S. The van der Waals surface area contributed by atoms with Gasteiger partial charge in [-0.2, -0.15) is 4.98 Å². The zero-order valence-corrected chi connectivity index (χ0v) is 21.8. The van der Waals surface area contributed by atoms with Gasteiger partial charge < -0.3 is 19.5 Å². The molecule has 1 aromatic heterocycles. The average Bonchev–Trinajstić information content (AvgIpc) is 3.10. The van der Waals surface area contributed by atoms with Gasteiger partial charge in [-0.15, -0.1) is 10.2 Å². The first kappa shape index (κ1) is 24.9. The van der Waals surface area contributed by atoms with Crippen molar-refractivity contribution in [2.45, 2.75) is 44.7 Å². The summed E-state index contributed by atoms with van der Waals surface area (Å²) >= 11 is 1.60. The molecule has 1 aliphatic rings. The summed E-state index contributed by atoms with van der Waals surface area (Å²) in [6.07, 6.45) is 1.71. The van der Waals surface area contributed by atoms with E-state index in [1.807, 2.05) is 79.7 Å². The Kier molecular flexibility index (Phi) is 8.05. The summed E-state index contributed by atoms with van der Waals surface area (Å²) in [5.41, 5.74) is 4.40. The van der Waals surface area contributed by atoms with Crippen LogP contribution in [-0.2, 0) is 6.61 Å². The molecule has 1 atom stereocenters. The third kappa shape index (κ3) is 5.97. The molecule has 1 N–H and O–H groups in total. The van der Waals surface area contributed by atoms with E-state index in [4.69, 9.17) is 19.2 Å². The monoisotopic (exact) mass is 514 g/mol. The fourth-order valence-electron chi connectivity index (χ4n) is 3.98. The zero-order valence-electron chi connectivity index (χ0n) is 21.0. The number of nitrogens with one attached hydrogen (secondary N) is 1. The molecule has 1 unspecified atom stereocenters. The topological polar surface area (TPSA) is 78.4 Å². The van der Waals surface area contributed by atoms with Gasteiger partial charge in [0.15, 0.2) is 23.4 Å².